The Kier molecular flexibility index (Phi) is 5.73. The molecule has 1 saturated carbocycles. The molecule has 34 heavy (non-hydrogen) atoms. The molecule has 0 radical (unpaired) electrons. The van der Waals surface area contributed by atoms with Crippen LogP contribution in [-0.4, -0.2) is 52.3 Å². The summed E-state index contributed by atoms with van der Waals surface area (Å²) in [6, 6.07) is 6.73. The van der Waals surface area contributed by atoms with Crippen LogP contribution < -0.4 is 10.3 Å². The molecule has 3 heterocycles. The maximum atomic E-state index is 15.2. The molecule has 2 aromatic heterocycles. The minimum absolute atomic E-state index is 0.0102. The number of carbonyl (C=O) groups is 2. The Bertz CT molecular complexity index is 1350. The highest BCUT2D eigenvalue weighted by atomic mass is 19.1. The number of anilines is 1. The summed E-state index contributed by atoms with van der Waals surface area (Å²) in [6.07, 6.45) is 9.75. The predicted molar refractivity (Wildman–Crippen MR) is 129 cm³/mol. The fraction of sp³-hybridized carbons (Fsp3) is 0.308. The Morgan fingerprint density at radius 2 is 1.91 bits per heavy atom. The second kappa shape index (κ2) is 8.85. The highest BCUT2D eigenvalue weighted by molar-refractivity contribution is 6.08. The molecule has 7 nitrogen and oxygen atoms in total. The molecular formula is C26H25FN4O3. The molecule has 3 aromatic rings. The van der Waals surface area contributed by atoms with Crippen molar-refractivity contribution in [2.45, 2.75) is 25.8 Å². The van der Waals surface area contributed by atoms with E-state index in [0.29, 0.717) is 37.4 Å². The van der Waals surface area contributed by atoms with Gasteiger partial charge in [0.15, 0.2) is 5.78 Å². The lowest BCUT2D eigenvalue weighted by Crippen LogP contribution is -2.48. The van der Waals surface area contributed by atoms with E-state index in [0.717, 1.165) is 18.4 Å². The molecule has 0 bridgehead atoms. The van der Waals surface area contributed by atoms with E-state index >= 15 is 4.39 Å². The van der Waals surface area contributed by atoms with Gasteiger partial charge in [0.2, 0.25) is 11.3 Å². The van der Waals surface area contributed by atoms with Crippen molar-refractivity contribution in [3.63, 3.8) is 0 Å². The number of halogens is 1. The average Bonchev–Trinajstić information content (AvgIpc) is 3.69. The molecule has 2 fully saturated rings. The average molecular weight is 461 g/mol. The van der Waals surface area contributed by atoms with Gasteiger partial charge in [-0.05, 0) is 48.8 Å². The van der Waals surface area contributed by atoms with E-state index in [1.54, 1.807) is 41.7 Å². The molecule has 0 unspecified atom stereocenters. The van der Waals surface area contributed by atoms with Crippen molar-refractivity contribution < 1.29 is 14.0 Å². The third-order valence-electron chi connectivity index (χ3n) is 6.48. The van der Waals surface area contributed by atoms with E-state index in [1.807, 2.05) is 15.5 Å². The highest BCUT2D eigenvalue weighted by Gasteiger charge is 2.28. The lowest BCUT2D eigenvalue weighted by molar-refractivity contribution is -0.129. The van der Waals surface area contributed by atoms with E-state index in [-0.39, 0.29) is 22.9 Å². The van der Waals surface area contributed by atoms with Crippen LogP contribution in [0.25, 0.3) is 17.0 Å². The number of benzene rings is 1. The summed E-state index contributed by atoms with van der Waals surface area (Å²) in [4.78, 5) is 45.4. The van der Waals surface area contributed by atoms with Crippen LogP contribution in [0.1, 0.15) is 41.7 Å². The maximum absolute atomic E-state index is 15.2. The van der Waals surface area contributed by atoms with Gasteiger partial charge in [0, 0.05) is 63.1 Å². The molecular weight excluding hydrogens is 435 g/mol. The second-order valence-corrected chi connectivity index (χ2v) is 8.81. The van der Waals surface area contributed by atoms with Crippen molar-refractivity contribution in [2.75, 3.05) is 31.1 Å². The smallest absolute Gasteiger partial charge is 0.219 e. The van der Waals surface area contributed by atoms with Crippen LogP contribution in [0, 0.1) is 5.82 Å². The number of piperazine rings is 1. The summed E-state index contributed by atoms with van der Waals surface area (Å²) < 4.78 is 17.2. The predicted octanol–water partition coefficient (Wildman–Crippen LogP) is 3.44. The highest BCUT2D eigenvalue weighted by Crippen LogP contribution is 2.38. The van der Waals surface area contributed by atoms with Crippen molar-refractivity contribution in [1.82, 2.24) is 14.5 Å². The number of hydrogen-bond donors (Lipinski definition) is 0. The number of rotatable bonds is 5. The summed E-state index contributed by atoms with van der Waals surface area (Å²) in [5, 5.41) is 0.205. The fourth-order valence-electron chi connectivity index (χ4n) is 4.43. The number of amides is 1. The minimum Gasteiger partial charge on any atom is -0.366 e. The van der Waals surface area contributed by atoms with Crippen molar-refractivity contribution in [3.8, 4) is 0 Å². The number of carbonyl (C=O) groups excluding carboxylic acids is 2. The largest absolute Gasteiger partial charge is 0.366 e. The number of fused-ring (bicyclic) bond motifs is 1. The summed E-state index contributed by atoms with van der Waals surface area (Å²) in [7, 11) is 0. The van der Waals surface area contributed by atoms with Gasteiger partial charge in [-0.3, -0.25) is 19.4 Å². The minimum atomic E-state index is -0.501. The quantitative estimate of drug-likeness (QED) is 0.431. The topological polar surface area (TPSA) is 75.5 Å². The van der Waals surface area contributed by atoms with E-state index in [1.165, 1.54) is 19.1 Å². The number of hydrogen-bond acceptors (Lipinski definition) is 5. The molecule has 2 aliphatic rings. The summed E-state index contributed by atoms with van der Waals surface area (Å²) in [5.41, 5.74) is 1.35. The molecule has 1 saturated heterocycles. The van der Waals surface area contributed by atoms with Crippen LogP contribution >= 0.6 is 0 Å². The first-order chi connectivity index (χ1) is 16.4. The van der Waals surface area contributed by atoms with Gasteiger partial charge >= 0.3 is 0 Å². The van der Waals surface area contributed by atoms with Crippen LogP contribution in [0.2, 0.25) is 0 Å². The van der Waals surface area contributed by atoms with Crippen molar-refractivity contribution in [2.24, 2.45) is 0 Å². The molecule has 0 atom stereocenters. The van der Waals surface area contributed by atoms with Crippen molar-refractivity contribution in [3.05, 3.63) is 76.1 Å². The molecule has 8 heteroatoms. The van der Waals surface area contributed by atoms with Gasteiger partial charge in [-0.25, -0.2) is 4.39 Å². The Morgan fingerprint density at radius 1 is 1.15 bits per heavy atom. The van der Waals surface area contributed by atoms with E-state index in [2.05, 4.69) is 4.98 Å². The normalized spacial score (nSPS) is 16.4. The molecule has 0 N–H and O–H groups in total. The molecule has 1 aromatic carbocycles. The first-order valence-corrected chi connectivity index (χ1v) is 11.4. The number of nitrogens with zero attached hydrogens (tertiary/aromatic N) is 4. The van der Waals surface area contributed by atoms with E-state index < -0.39 is 17.0 Å². The molecule has 1 aliphatic heterocycles. The van der Waals surface area contributed by atoms with Crippen LogP contribution in [0.3, 0.4) is 0 Å². The fourth-order valence-corrected chi connectivity index (χ4v) is 4.43. The summed E-state index contributed by atoms with van der Waals surface area (Å²) in [5.74, 6) is -0.912. The van der Waals surface area contributed by atoms with Gasteiger partial charge in [0.1, 0.15) is 5.82 Å². The second-order valence-electron chi connectivity index (χ2n) is 8.81. The van der Waals surface area contributed by atoms with E-state index in [4.69, 9.17) is 0 Å². The molecule has 1 aliphatic carbocycles. The van der Waals surface area contributed by atoms with Gasteiger partial charge in [-0.15, -0.1) is 0 Å². The monoisotopic (exact) mass is 460 g/mol. The molecule has 174 valence electrons. The third kappa shape index (κ3) is 4.23. The summed E-state index contributed by atoms with van der Waals surface area (Å²) in [6.45, 7) is 3.63. The SMILES string of the molecule is CC(=O)N1CCN(c2cc3c(cc2F)c(=O)c(C(=O)C=Cc2cccnc2)cn3C2CC2)CC1. The molecule has 0 spiro atoms. The molecule has 5 rings (SSSR count). The third-order valence-corrected chi connectivity index (χ3v) is 6.48. The Hall–Kier alpha value is -3.81. The zero-order chi connectivity index (χ0) is 23.8. The number of ketones is 1. The first kappa shape index (κ1) is 22.0. The summed E-state index contributed by atoms with van der Waals surface area (Å²) >= 11 is 0. The zero-order valence-corrected chi connectivity index (χ0v) is 18.9. The van der Waals surface area contributed by atoms with Gasteiger partial charge in [-0.2, -0.15) is 0 Å². The van der Waals surface area contributed by atoms with Crippen molar-refractivity contribution in [1.29, 1.82) is 0 Å². The maximum Gasteiger partial charge on any atom is 0.219 e. The number of aromatic nitrogens is 2. The van der Waals surface area contributed by atoms with Gasteiger partial charge in [-0.1, -0.05) is 6.07 Å². The van der Waals surface area contributed by atoms with Crippen LogP contribution in [0.5, 0.6) is 0 Å². The van der Waals surface area contributed by atoms with Crippen molar-refractivity contribution >= 4 is 34.4 Å². The zero-order valence-electron chi connectivity index (χ0n) is 18.9. The van der Waals surface area contributed by atoms with Crippen LogP contribution in [-0.2, 0) is 4.79 Å². The Balaban J connectivity index is 1.53. The van der Waals surface area contributed by atoms with Gasteiger partial charge in [0.25, 0.3) is 0 Å². The lowest BCUT2D eigenvalue weighted by Gasteiger charge is -2.36. The number of pyridine rings is 2. The Labute approximate surface area is 196 Å². The van der Waals surface area contributed by atoms with Gasteiger partial charge < -0.3 is 14.4 Å². The number of allylic oxidation sites excluding steroid dienone is 1. The molecule has 1 amide bonds. The lowest BCUT2D eigenvalue weighted by atomic mass is 10.1. The first-order valence-electron chi connectivity index (χ1n) is 11.4. The van der Waals surface area contributed by atoms with Crippen LogP contribution in [0.15, 0.2) is 53.7 Å². The van der Waals surface area contributed by atoms with Gasteiger partial charge in [0.05, 0.1) is 16.8 Å². The van der Waals surface area contributed by atoms with E-state index in [9.17, 15) is 14.4 Å². The Morgan fingerprint density at radius 3 is 2.56 bits per heavy atom. The van der Waals surface area contributed by atoms with Crippen LogP contribution in [0.4, 0.5) is 10.1 Å². The standard InChI is InChI=1S/C26H25FN4O3/c1-17(32)29-9-11-30(12-10-29)24-14-23-20(13-22(24)27)26(34)21(16-31(23)19-5-6-19)25(33)7-4-18-3-2-8-28-15-18/h2-4,7-8,13-16,19H,5-6,9-12H2,1H3.